The van der Waals surface area contributed by atoms with Crippen molar-refractivity contribution >= 4 is 14.5 Å². The van der Waals surface area contributed by atoms with Crippen molar-refractivity contribution in [3.05, 3.63) is 65.2 Å². The van der Waals surface area contributed by atoms with Gasteiger partial charge in [0, 0.05) is 0 Å². The smallest absolute Gasteiger partial charge is 0.00170 e. The van der Waals surface area contributed by atoms with Gasteiger partial charge >= 0.3 is 0 Å². The minimum absolute atomic E-state index is 1.02. The molecule has 0 amide bonds. The monoisotopic (exact) mass is 214 g/mol. The molecule has 15 heavy (non-hydrogen) atoms. The first-order valence-electron chi connectivity index (χ1n) is 5.15. The topological polar surface area (TPSA) is 0 Å². The Hall–Kier alpha value is -1.13. The van der Waals surface area contributed by atoms with Crippen LogP contribution < -0.4 is 5.30 Å². The van der Waals surface area contributed by atoms with Gasteiger partial charge in [0.1, 0.15) is 0 Å². The second kappa shape index (κ2) is 4.59. The van der Waals surface area contributed by atoms with E-state index < -0.39 is 0 Å². The van der Waals surface area contributed by atoms with Gasteiger partial charge < -0.3 is 0 Å². The van der Waals surface area contributed by atoms with Crippen LogP contribution in [0, 0.1) is 6.92 Å². The first-order valence-corrected chi connectivity index (χ1v) is 5.73. The lowest BCUT2D eigenvalue weighted by atomic mass is 10.0. The molecule has 0 spiro atoms. The van der Waals surface area contributed by atoms with Gasteiger partial charge in [-0.25, -0.2) is 0 Å². The largest absolute Gasteiger partial charge is 0.105 e. The van der Waals surface area contributed by atoms with E-state index in [0.717, 1.165) is 6.42 Å². The zero-order valence-electron chi connectivity index (χ0n) is 8.90. The van der Waals surface area contributed by atoms with Crippen LogP contribution in [0.1, 0.15) is 16.7 Å². The summed E-state index contributed by atoms with van der Waals surface area (Å²) in [6.45, 7) is 2.17. The Labute approximate surface area is 93.5 Å². The molecule has 76 valence electrons. The van der Waals surface area contributed by atoms with Gasteiger partial charge in [0.05, 0.1) is 0 Å². The van der Waals surface area contributed by atoms with Crippen molar-refractivity contribution in [3.63, 3.8) is 0 Å². The third-order valence-corrected chi connectivity index (χ3v) is 3.21. The molecule has 0 bridgehead atoms. The summed E-state index contributed by atoms with van der Waals surface area (Å²) in [5.74, 6) is 0. The van der Waals surface area contributed by atoms with E-state index in [1.807, 2.05) is 0 Å². The molecule has 0 aromatic heterocycles. The van der Waals surface area contributed by atoms with E-state index in [2.05, 4.69) is 64.7 Å². The molecular weight excluding hydrogens is 199 g/mol. The predicted molar refractivity (Wildman–Crippen MR) is 69.8 cm³/mol. The van der Waals surface area contributed by atoms with Crippen LogP contribution in [0.25, 0.3) is 0 Å². The summed E-state index contributed by atoms with van der Waals surface area (Å²) in [4.78, 5) is 0. The highest BCUT2D eigenvalue weighted by Crippen LogP contribution is 2.13. The van der Waals surface area contributed by atoms with E-state index in [1.165, 1.54) is 22.0 Å². The van der Waals surface area contributed by atoms with Crippen molar-refractivity contribution < 1.29 is 0 Å². The molecule has 0 N–H and O–H groups in total. The van der Waals surface area contributed by atoms with Gasteiger partial charge in [-0.2, -0.15) is 0 Å². The fraction of sp³-hybridized carbons (Fsp3) is 0.143. The van der Waals surface area contributed by atoms with Gasteiger partial charge in [-0.1, -0.05) is 48.5 Å². The third kappa shape index (κ3) is 2.46. The van der Waals surface area contributed by atoms with Gasteiger partial charge in [-0.3, -0.25) is 0 Å². The summed E-state index contributed by atoms with van der Waals surface area (Å²) in [5, 5.41) is 1.30. The lowest BCUT2D eigenvalue weighted by Crippen LogP contribution is -2.04. The second-order valence-corrected chi connectivity index (χ2v) is 4.43. The predicted octanol–water partition coefficient (Wildman–Crippen LogP) is 3.09. The fourth-order valence-corrected chi connectivity index (χ4v) is 2.21. The first kappa shape index (κ1) is 10.4. The van der Waals surface area contributed by atoms with E-state index in [4.69, 9.17) is 0 Å². The molecule has 0 saturated heterocycles. The molecule has 0 aliphatic carbocycles. The quantitative estimate of drug-likeness (QED) is 0.674. The minimum Gasteiger partial charge on any atom is -0.105 e. The van der Waals surface area contributed by atoms with Crippen molar-refractivity contribution in [1.29, 1.82) is 0 Å². The van der Waals surface area contributed by atoms with Crippen molar-refractivity contribution in [2.45, 2.75) is 13.3 Å². The maximum absolute atomic E-state index is 2.82. The molecule has 0 aliphatic rings. The number of hydrogen-bond acceptors (Lipinski definition) is 0. The average molecular weight is 214 g/mol. The van der Waals surface area contributed by atoms with E-state index >= 15 is 0 Å². The lowest BCUT2D eigenvalue weighted by Gasteiger charge is -2.09. The molecule has 0 nitrogen and oxygen atoms in total. The molecular formula is C14H15P. The Morgan fingerprint density at radius 1 is 0.933 bits per heavy atom. The summed E-state index contributed by atoms with van der Waals surface area (Å²) in [5.41, 5.74) is 4.16. The summed E-state index contributed by atoms with van der Waals surface area (Å²) in [6.07, 6.45) is 1.02. The van der Waals surface area contributed by atoms with Crippen molar-refractivity contribution in [1.82, 2.24) is 0 Å². The number of aryl methyl sites for hydroxylation is 1. The third-order valence-electron chi connectivity index (χ3n) is 2.67. The first-order chi connectivity index (χ1) is 7.27. The van der Waals surface area contributed by atoms with Crippen LogP contribution in [0.5, 0.6) is 0 Å². The van der Waals surface area contributed by atoms with Crippen LogP contribution in [0.2, 0.25) is 0 Å². The summed E-state index contributed by atoms with van der Waals surface area (Å²) >= 11 is 0. The Balaban J connectivity index is 2.32. The van der Waals surface area contributed by atoms with Gasteiger partial charge in [0.2, 0.25) is 0 Å². The molecule has 0 heterocycles. The maximum Gasteiger partial charge on any atom is -0.00170 e. The Morgan fingerprint density at radius 2 is 1.67 bits per heavy atom. The van der Waals surface area contributed by atoms with Crippen molar-refractivity contribution in [2.75, 3.05) is 0 Å². The highest BCUT2D eigenvalue weighted by atomic mass is 31.0. The fourth-order valence-electron chi connectivity index (χ4n) is 1.77. The maximum atomic E-state index is 2.82. The van der Waals surface area contributed by atoms with Gasteiger partial charge in [-0.15, -0.1) is 9.24 Å². The molecule has 1 unspecified atom stereocenters. The van der Waals surface area contributed by atoms with Crippen molar-refractivity contribution in [2.24, 2.45) is 0 Å². The Morgan fingerprint density at radius 3 is 2.33 bits per heavy atom. The summed E-state index contributed by atoms with van der Waals surface area (Å²) < 4.78 is 0. The van der Waals surface area contributed by atoms with Crippen molar-refractivity contribution in [3.8, 4) is 0 Å². The average Bonchev–Trinajstić information content (AvgIpc) is 2.25. The van der Waals surface area contributed by atoms with Crippen LogP contribution in [-0.4, -0.2) is 0 Å². The van der Waals surface area contributed by atoms with Gasteiger partial charge in [-0.05, 0) is 35.3 Å². The number of rotatable bonds is 2. The van der Waals surface area contributed by atoms with Crippen LogP contribution in [0.3, 0.4) is 0 Å². The highest BCUT2D eigenvalue weighted by Gasteiger charge is 2.02. The highest BCUT2D eigenvalue weighted by molar-refractivity contribution is 7.27. The van der Waals surface area contributed by atoms with E-state index in [9.17, 15) is 0 Å². The summed E-state index contributed by atoms with van der Waals surface area (Å²) in [6, 6.07) is 17.0. The van der Waals surface area contributed by atoms with Crippen LogP contribution in [0.4, 0.5) is 0 Å². The molecule has 1 heteroatoms. The Kier molecular flexibility index (Phi) is 3.18. The number of benzene rings is 2. The van der Waals surface area contributed by atoms with Crippen LogP contribution in [-0.2, 0) is 6.42 Å². The minimum atomic E-state index is 1.02. The van der Waals surface area contributed by atoms with Gasteiger partial charge in [0.15, 0.2) is 0 Å². The van der Waals surface area contributed by atoms with E-state index in [0.29, 0.717) is 0 Å². The number of hydrogen-bond donors (Lipinski definition) is 0. The molecule has 1 atom stereocenters. The molecule has 2 aromatic rings. The van der Waals surface area contributed by atoms with Gasteiger partial charge in [0.25, 0.3) is 0 Å². The molecule has 2 aromatic carbocycles. The SMILES string of the molecule is Cc1cccc(P)c1Cc1ccccc1. The van der Waals surface area contributed by atoms with E-state index in [-0.39, 0.29) is 0 Å². The second-order valence-electron chi connectivity index (χ2n) is 3.81. The molecule has 0 aliphatic heterocycles. The molecule has 0 fully saturated rings. The normalized spacial score (nSPS) is 10.3. The summed E-state index contributed by atoms with van der Waals surface area (Å²) in [7, 11) is 2.82. The zero-order valence-corrected chi connectivity index (χ0v) is 10.1. The molecule has 0 radical (unpaired) electrons. The van der Waals surface area contributed by atoms with E-state index in [1.54, 1.807) is 0 Å². The Bertz CT molecular complexity index is 426. The zero-order chi connectivity index (χ0) is 10.7. The molecule has 0 saturated carbocycles. The van der Waals surface area contributed by atoms with Crippen LogP contribution in [0.15, 0.2) is 48.5 Å². The lowest BCUT2D eigenvalue weighted by molar-refractivity contribution is 1.17. The standard InChI is InChI=1S/C14H15P/c1-11-6-5-9-14(15)13(11)10-12-7-3-2-4-8-12/h2-9H,10,15H2,1H3. The van der Waals surface area contributed by atoms with Crippen LogP contribution >= 0.6 is 9.24 Å². The molecule has 2 rings (SSSR count).